The molecule has 0 radical (unpaired) electrons. The first-order valence-electron chi connectivity index (χ1n) is 21.3. The van der Waals surface area contributed by atoms with Gasteiger partial charge in [-0.25, -0.2) is 9.36 Å². The Morgan fingerprint density at radius 3 is 1.59 bits per heavy atom. The molecule has 10 nitrogen and oxygen atoms in total. The molecule has 0 spiro atoms. The zero-order chi connectivity index (χ0) is 37.9. The van der Waals surface area contributed by atoms with Gasteiger partial charge in [-0.3, -0.25) is 9.59 Å². The second kappa shape index (κ2) is 15.0. The summed E-state index contributed by atoms with van der Waals surface area (Å²) in [7, 11) is 0. The van der Waals surface area contributed by atoms with Crippen LogP contribution in [0.1, 0.15) is 97.8 Å². The van der Waals surface area contributed by atoms with Gasteiger partial charge < -0.3 is 20.6 Å². The van der Waals surface area contributed by atoms with Gasteiger partial charge in [0.05, 0.1) is 42.0 Å². The SMILES string of the molecule is O=C(NC1C2CC3CC(C2)CC1C3)c1cnn(-c2ccccc2)c1Cl.O=C(NC1C2CC3CC(C2)CC1C3)c1cnn(-c2ccccc2)c1N1CCC[C@H]1CO. The zero-order valence-electron chi connectivity index (χ0n) is 32.1. The van der Waals surface area contributed by atoms with E-state index in [1.54, 1.807) is 17.1 Å². The Morgan fingerprint density at radius 2 is 1.09 bits per heavy atom. The molecule has 294 valence electrons. The number of nitrogens with one attached hydrogen (secondary N) is 2. The van der Waals surface area contributed by atoms with Crippen LogP contribution in [0.4, 0.5) is 5.82 Å². The van der Waals surface area contributed by atoms with Gasteiger partial charge in [0, 0.05) is 18.6 Å². The van der Waals surface area contributed by atoms with Gasteiger partial charge in [0.2, 0.25) is 0 Å². The molecule has 1 saturated heterocycles. The lowest BCUT2D eigenvalue weighted by Crippen LogP contribution is -2.55. The summed E-state index contributed by atoms with van der Waals surface area (Å²) in [5, 5.41) is 26.1. The molecule has 4 aromatic rings. The highest BCUT2D eigenvalue weighted by molar-refractivity contribution is 6.33. The Hall–Kier alpha value is -4.15. The number of hydrogen-bond acceptors (Lipinski definition) is 6. The van der Waals surface area contributed by atoms with E-state index in [9.17, 15) is 14.7 Å². The maximum Gasteiger partial charge on any atom is 0.256 e. The molecule has 2 aromatic heterocycles. The van der Waals surface area contributed by atoms with Crippen molar-refractivity contribution in [3.05, 3.63) is 89.3 Å². The van der Waals surface area contributed by atoms with E-state index in [1.165, 1.54) is 64.2 Å². The molecule has 9 fully saturated rings. The molecule has 13 rings (SSSR count). The molecule has 1 aliphatic heterocycles. The van der Waals surface area contributed by atoms with E-state index < -0.39 is 0 Å². The lowest BCUT2D eigenvalue weighted by molar-refractivity contribution is -0.0119. The van der Waals surface area contributed by atoms with Crippen molar-refractivity contribution in [1.82, 2.24) is 30.2 Å². The van der Waals surface area contributed by atoms with Gasteiger partial charge in [-0.05, 0) is 149 Å². The lowest BCUT2D eigenvalue weighted by Gasteiger charge is -2.54. The van der Waals surface area contributed by atoms with Gasteiger partial charge in [-0.1, -0.05) is 48.0 Å². The standard InChI is InChI=1S/C25H32N4O2.C20H22ClN3O/c30-15-21-7-4-8-28(21)25-22(14-26-29(25)20-5-2-1-3-6-20)24(31)27-23-18-10-16-9-17(12-18)13-19(23)11-16;21-19-17(11-22-24(19)16-4-2-1-3-5-16)20(25)23-18-14-7-12-6-13(9-14)10-15(18)8-12/h1-3,5-6,14,16-19,21,23,30H,4,7-13,15H2,(H,27,31);1-5,11-15,18H,6-10H2,(H,23,25)/t16?,17?,18?,19?,21-,23?;/m0./s1. The number of amides is 2. The van der Waals surface area contributed by atoms with Gasteiger partial charge in [-0.2, -0.15) is 10.2 Å². The maximum absolute atomic E-state index is 13.6. The summed E-state index contributed by atoms with van der Waals surface area (Å²) >= 11 is 6.46. The second-order valence-corrected chi connectivity index (χ2v) is 18.6. The van der Waals surface area contributed by atoms with Gasteiger partial charge >= 0.3 is 0 Å². The van der Waals surface area contributed by atoms with E-state index in [0.29, 0.717) is 52.0 Å². The molecule has 56 heavy (non-hydrogen) atoms. The third-order valence-corrected chi connectivity index (χ3v) is 15.2. The van der Waals surface area contributed by atoms with E-state index in [2.05, 4.69) is 25.7 Å². The summed E-state index contributed by atoms with van der Waals surface area (Å²) in [4.78, 5) is 28.6. The summed E-state index contributed by atoms with van der Waals surface area (Å²) in [5.74, 6) is 6.93. The van der Waals surface area contributed by atoms with Crippen LogP contribution in [0.5, 0.6) is 0 Å². The fourth-order valence-electron chi connectivity index (χ4n) is 12.9. The number of carbonyl (C=O) groups excluding carboxylic acids is 2. The van der Waals surface area contributed by atoms with Crippen LogP contribution in [-0.2, 0) is 0 Å². The van der Waals surface area contributed by atoms with Gasteiger partial charge in [0.1, 0.15) is 16.5 Å². The number of benzene rings is 2. The Bertz CT molecular complexity index is 1990. The van der Waals surface area contributed by atoms with Crippen LogP contribution in [0.15, 0.2) is 73.1 Å². The highest BCUT2D eigenvalue weighted by Gasteiger charge is 2.50. The fourth-order valence-corrected chi connectivity index (χ4v) is 13.1. The topological polar surface area (TPSA) is 117 Å². The van der Waals surface area contributed by atoms with Crippen molar-refractivity contribution >= 4 is 29.2 Å². The molecular formula is C45H54ClN7O3. The molecule has 9 aliphatic rings. The Kier molecular flexibility index (Phi) is 9.68. The second-order valence-electron chi connectivity index (χ2n) is 18.3. The molecule has 0 unspecified atom stereocenters. The number of aliphatic hydroxyl groups is 1. The number of nitrogens with zero attached hydrogens (tertiary/aromatic N) is 5. The van der Waals surface area contributed by atoms with Crippen molar-refractivity contribution < 1.29 is 14.7 Å². The maximum atomic E-state index is 13.6. The van der Waals surface area contributed by atoms with E-state index in [0.717, 1.165) is 60.3 Å². The molecule has 8 aliphatic carbocycles. The molecule has 3 N–H and O–H groups in total. The van der Waals surface area contributed by atoms with E-state index in [1.807, 2.05) is 65.3 Å². The predicted molar refractivity (Wildman–Crippen MR) is 216 cm³/mol. The predicted octanol–water partition coefficient (Wildman–Crippen LogP) is 7.47. The third-order valence-electron chi connectivity index (χ3n) is 14.9. The molecule has 11 heteroatoms. The van der Waals surface area contributed by atoms with Crippen LogP contribution in [0.25, 0.3) is 11.4 Å². The average molecular weight is 776 g/mol. The number of halogens is 1. The summed E-state index contributed by atoms with van der Waals surface area (Å²) in [6.45, 7) is 0.929. The summed E-state index contributed by atoms with van der Waals surface area (Å²) in [5.41, 5.74) is 2.91. The van der Waals surface area contributed by atoms with Crippen LogP contribution in [-0.4, -0.2) is 67.8 Å². The van der Waals surface area contributed by atoms with Crippen LogP contribution in [0, 0.1) is 47.3 Å². The monoisotopic (exact) mass is 775 g/mol. The van der Waals surface area contributed by atoms with Crippen molar-refractivity contribution in [2.45, 2.75) is 95.2 Å². The highest BCUT2D eigenvalue weighted by atomic mass is 35.5. The number of aromatic nitrogens is 4. The Balaban J connectivity index is 0.000000140. The first kappa shape index (κ1) is 36.2. The van der Waals surface area contributed by atoms with E-state index in [-0.39, 0.29) is 24.5 Å². The number of rotatable bonds is 8. The van der Waals surface area contributed by atoms with E-state index >= 15 is 0 Å². The van der Waals surface area contributed by atoms with Crippen molar-refractivity contribution in [3.8, 4) is 11.4 Å². The minimum atomic E-state index is -0.0790. The van der Waals surface area contributed by atoms with Crippen LogP contribution in [0.2, 0.25) is 5.15 Å². The van der Waals surface area contributed by atoms with Crippen LogP contribution in [0.3, 0.4) is 0 Å². The lowest BCUT2D eigenvalue weighted by atomic mass is 9.54. The quantitative estimate of drug-likeness (QED) is 0.171. The van der Waals surface area contributed by atoms with Crippen LogP contribution < -0.4 is 15.5 Å². The highest BCUT2D eigenvalue weighted by Crippen LogP contribution is 2.55. The van der Waals surface area contributed by atoms with Gasteiger partial charge in [0.25, 0.3) is 11.8 Å². The largest absolute Gasteiger partial charge is 0.394 e. The summed E-state index contributed by atoms with van der Waals surface area (Å²) < 4.78 is 3.49. The van der Waals surface area contributed by atoms with E-state index in [4.69, 9.17) is 11.6 Å². The van der Waals surface area contributed by atoms with Crippen molar-refractivity contribution in [3.63, 3.8) is 0 Å². The summed E-state index contributed by atoms with van der Waals surface area (Å²) in [6.07, 6.45) is 18.4. The Morgan fingerprint density at radius 1 is 0.643 bits per heavy atom. The van der Waals surface area contributed by atoms with Gasteiger partial charge in [-0.15, -0.1) is 0 Å². The smallest absolute Gasteiger partial charge is 0.256 e. The van der Waals surface area contributed by atoms with Gasteiger partial charge in [0.15, 0.2) is 0 Å². The van der Waals surface area contributed by atoms with Crippen LogP contribution >= 0.6 is 11.6 Å². The first-order chi connectivity index (χ1) is 27.4. The average Bonchev–Trinajstić information content (AvgIpc) is 3.96. The molecule has 1 atom stereocenters. The Labute approximate surface area is 334 Å². The molecule has 8 bridgehead atoms. The van der Waals surface area contributed by atoms with Crippen molar-refractivity contribution in [2.24, 2.45) is 47.3 Å². The first-order valence-corrected chi connectivity index (χ1v) is 21.7. The summed E-state index contributed by atoms with van der Waals surface area (Å²) in [6, 6.07) is 20.3. The molecule has 3 heterocycles. The molecule has 8 saturated carbocycles. The minimum absolute atomic E-state index is 0.00163. The number of para-hydroxylation sites is 2. The number of anilines is 1. The zero-order valence-corrected chi connectivity index (χ0v) is 32.8. The minimum Gasteiger partial charge on any atom is -0.394 e. The molecule has 2 amide bonds. The third kappa shape index (κ3) is 6.64. The number of carbonyl (C=O) groups is 2. The molecule has 2 aromatic carbocycles. The number of aliphatic hydroxyl groups excluding tert-OH is 1. The molecular weight excluding hydrogens is 722 g/mol. The normalized spacial score (nSPS) is 33.3. The van der Waals surface area contributed by atoms with Crippen molar-refractivity contribution in [1.29, 1.82) is 0 Å². The fraction of sp³-hybridized carbons (Fsp3) is 0.556. The van der Waals surface area contributed by atoms with Crippen molar-refractivity contribution in [2.75, 3.05) is 18.1 Å². The number of hydrogen-bond donors (Lipinski definition) is 3.